The lowest BCUT2D eigenvalue weighted by molar-refractivity contribution is -0.125. The Hall–Kier alpha value is -0.870. The van der Waals surface area contributed by atoms with Gasteiger partial charge >= 0.3 is 0 Å². The van der Waals surface area contributed by atoms with Crippen molar-refractivity contribution in [1.29, 1.82) is 0 Å². The van der Waals surface area contributed by atoms with Gasteiger partial charge in [-0.2, -0.15) is 0 Å². The highest BCUT2D eigenvalue weighted by Crippen LogP contribution is 2.49. The monoisotopic (exact) mass is 311 g/mol. The lowest BCUT2D eigenvalue weighted by Crippen LogP contribution is -2.34. The molecule has 1 saturated carbocycles. The van der Waals surface area contributed by atoms with Crippen LogP contribution in [0.3, 0.4) is 0 Å². The van der Waals surface area contributed by atoms with Crippen LogP contribution in [0.2, 0.25) is 0 Å². The smallest absolute Gasteiger partial charge is 0.246 e. The molecule has 1 aromatic rings. The highest BCUT2D eigenvalue weighted by atomic mass is 79.9. The maximum atomic E-state index is 11.5. The molecule has 3 nitrogen and oxygen atoms in total. The molecular weight excluding hydrogens is 294 g/mol. The van der Waals surface area contributed by atoms with Crippen LogP contribution in [0.15, 0.2) is 28.7 Å². The molecule has 1 fully saturated rings. The number of halogens is 1. The van der Waals surface area contributed by atoms with Crippen molar-refractivity contribution in [2.24, 2.45) is 0 Å². The largest absolute Gasteiger partial charge is 0.372 e. The van der Waals surface area contributed by atoms with Gasteiger partial charge in [0.25, 0.3) is 0 Å². The van der Waals surface area contributed by atoms with E-state index < -0.39 is 0 Å². The second kappa shape index (κ2) is 5.85. The van der Waals surface area contributed by atoms with Gasteiger partial charge in [-0.3, -0.25) is 4.79 Å². The van der Waals surface area contributed by atoms with Crippen molar-refractivity contribution in [3.05, 3.63) is 34.3 Å². The van der Waals surface area contributed by atoms with Crippen molar-refractivity contribution < 1.29 is 9.53 Å². The van der Waals surface area contributed by atoms with Gasteiger partial charge in [-0.15, -0.1) is 0 Å². The van der Waals surface area contributed by atoms with Crippen LogP contribution in [-0.4, -0.2) is 25.7 Å². The van der Waals surface area contributed by atoms with Gasteiger partial charge in [-0.1, -0.05) is 34.1 Å². The fourth-order valence-electron chi connectivity index (χ4n) is 2.10. The highest BCUT2D eigenvalue weighted by molar-refractivity contribution is 9.10. The van der Waals surface area contributed by atoms with Gasteiger partial charge in [0, 0.05) is 23.0 Å². The van der Waals surface area contributed by atoms with E-state index in [-0.39, 0.29) is 17.9 Å². The van der Waals surface area contributed by atoms with Crippen molar-refractivity contribution >= 4 is 21.8 Å². The van der Waals surface area contributed by atoms with E-state index >= 15 is 0 Å². The van der Waals surface area contributed by atoms with Crippen molar-refractivity contribution in [3.8, 4) is 0 Å². The summed E-state index contributed by atoms with van der Waals surface area (Å²) in [5, 5.41) is 2.96. The lowest BCUT2D eigenvalue weighted by atomic mass is 9.96. The molecule has 0 aromatic heterocycles. The summed E-state index contributed by atoms with van der Waals surface area (Å²) in [5.41, 5.74) is 1.42. The Labute approximate surface area is 116 Å². The number of carbonyl (C=O) groups excluding carboxylic acids is 1. The van der Waals surface area contributed by atoms with Crippen LogP contribution in [0, 0.1) is 0 Å². The van der Waals surface area contributed by atoms with Crippen LogP contribution < -0.4 is 5.32 Å². The maximum Gasteiger partial charge on any atom is 0.246 e. The summed E-state index contributed by atoms with van der Waals surface area (Å²) >= 11 is 3.58. The predicted octanol–water partition coefficient (Wildman–Crippen LogP) is 2.63. The molecule has 0 aliphatic heterocycles. The van der Waals surface area contributed by atoms with Crippen molar-refractivity contribution in [2.45, 2.75) is 25.2 Å². The number of hydrogen-bond acceptors (Lipinski definition) is 2. The molecule has 0 heterocycles. The molecule has 1 amide bonds. The summed E-state index contributed by atoms with van der Waals surface area (Å²) in [5.74, 6) is -0.0322. The van der Waals surface area contributed by atoms with Gasteiger partial charge < -0.3 is 10.1 Å². The molecule has 0 unspecified atom stereocenters. The van der Waals surface area contributed by atoms with Crippen LogP contribution >= 0.6 is 15.9 Å². The number of ether oxygens (including phenoxy) is 1. The van der Waals surface area contributed by atoms with Crippen LogP contribution in [0.4, 0.5) is 0 Å². The zero-order chi connectivity index (χ0) is 13.0. The first-order chi connectivity index (χ1) is 8.68. The first-order valence-electron chi connectivity index (χ1n) is 6.27. The summed E-state index contributed by atoms with van der Waals surface area (Å²) < 4.78 is 6.22. The van der Waals surface area contributed by atoms with Crippen molar-refractivity contribution in [3.63, 3.8) is 0 Å². The second-order valence-electron chi connectivity index (χ2n) is 4.67. The molecule has 2 rings (SSSR count). The average molecular weight is 312 g/mol. The Morgan fingerprint density at radius 1 is 1.44 bits per heavy atom. The molecule has 18 heavy (non-hydrogen) atoms. The number of hydrogen-bond donors (Lipinski definition) is 1. The number of carbonyl (C=O) groups is 1. The standard InChI is InChI=1S/C14H18BrNO2/c1-2-18-9-13(17)16-10-14(7-8-14)11-5-3-4-6-12(11)15/h3-6H,2,7-10H2,1H3,(H,16,17). The Bertz CT molecular complexity index is 430. The molecule has 0 saturated heterocycles. The summed E-state index contributed by atoms with van der Waals surface area (Å²) in [6, 6.07) is 8.24. The summed E-state index contributed by atoms with van der Waals surface area (Å²) in [7, 11) is 0. The maximum absolute atomic E-state index is 11.5. The number of amides is 1. The zero-order valence-corrected chi connectivity index (χ0v) is 12.1. The quantitative estimate of drug-likeness (QED) is 0.877. The fourth-order valence-corrected chi connectivity index (χ4v) is 2.80. The van der Waals surface area contributed by atoms with E-state index in [4.69, 9.17) is 4.74 Å². The van der Waals surface area contributed by atoms with Gasteiger partial charge in [-0.05, 0) is 31.4 Å². The normalized spacial score (nSPS) is 16.3. The van der Waals surface area contributed by atoms with E-state index in [0.29, 0.717) is 13.2 Å². The first kappa shape index (κ1) is 13.6. The zero-order valence-electron chi connectivity index (χ0n) is 10.5. The van der Waals surface area contributed by atoms with Gasteiger partial charge in [-0.25, -0.2) is 0 Å². The van der Waals surface area contributed by atoms with Crippen LogP contribution in [0.5, 0.6) is 0 Å². The molecular formula is C14H18BrNO2. The molecule has 0 atom stereocenters. The molecule has 0 spiro atoms. The Morgan fingerprint density at radius 3 is 2.78 bits per heavy atom. The van der Waals surface area contributed by atoms with Gasteiger partial charge in [0.05, 0.1) is 0 Å². The van der Waals surface area contributed by atoms with E-state index in [2.05, 4.69) is 33.4 Å². The fraction of sp³-hybridized carbons (Fsp3) is 0.500. The third kappa shape index (κ3) is 3.12. The summed E-state index contributed by atoms with van der Waals surface area (Å²) in [6.07, 6.45) is 2.26. The number of benzene rings is 1. The van der Waals surface area contributed by atoms with Gasteiger partial charge in [0.15, 0.2) is 0 Å². The van der Waals surface area contributed by atoms with Crippen LogP contribution in [0.1, 0.15) is 25.3 Å². The van der Waals surface area contributed by atoms with E-state index in [1.807, 2.05) is 19.1 Å². The number of nitrogens with one attached hydrogen (secondary N) is 1. The minimum Gasteiger partial charge on any atom is -0.372 e. The minimum absolute atomic E-state index is 0.0322. The Balaban J connectivity index is 1.93. The Morgan fingerprint density at radius 2 is 2.17 bits per heavy atom. The molecule has 0 radical (unpaired) electrons. The highest BCUT2D eigenvalue weighted by Gasteiger charge is 2.45. The van der Waals surface area contributed by atoms with Gasteiger partial charge in [0.1, 0.15) is 6.61 Å². The van der Waals surface area contributed by atoms with Gasteiger partial charge in [0.2, 0.25) is 5.91 Å². The minimum atomic E-state index is -0.0322. The molecule has 1 aliphatic rings. The first-order valence-corrected chi connectivity index (χ1v) is 7.07. The average Bonchev–Trinajstić information content (AvgIpc) is 3.15. The van der Waals surface area contributed by atoms with Crippen LogP contribution in [-0.2, 0) is 14.9 Å². The SMILES string of the molecule is CCOCC(=O)NCC1(c2ccccc2Br)CC1. The van der Waals surface area contributed by atoms with E-state index in [1.54, 1.807) is 0 Å². The van der Waals surface area contributed by atoms with E-state index in [0.717, 1.165) is 17.3 Å². The molecule has 0 bridgehead atoms. The third-order valence-corrected chi connectivity index (χ3v) is 4.05. The predicted molar refractivity (Wildman–Crippen MR) is 74.6 cm³/mol. The number of rotatable bonds is 6. The third-order valence-electron chi connectivity index (χ3n) is 3.36. The van der Waals surface area contributed by atoms with Crippen molar-refractivity contribution in [1.82, 2.24) is 5.32 Å². The molecule has 1 aromatic carbocycles. The van der Waals surface area contributed by atoms with E-state index in [1.165, 1.54) is 5.56 Å². The van der Waals surface area contributed by atoms with E-state index in [9.17, 15) is 4.79 Å². The van der Waals surface area contributed by atoms with Crippen molar-refractivity contribution in [2.75, 3.05) is 19.8 Å². The molecule has 1 aliphatic carbocycles. The lowest BCUT2D eigenvalue weighted by Gasteiger charge is -2.18. The summed E-state index contributed by atoms with van der Waals surface area (Å²) in [6.45, 7) is 3.31. The topological polar surface area (TPSA) is 38.3 Å². The molecule has 4 heteroatoms. The second-order valence-corrected chi connectivity index (χ2v) is 5.53. The Kier molecular flexibility index (Phi) is 4.40. The summed E-state index contributed by atoms with van der Waals surface area (Å²) in [4.78, 5) is 11.5. The molecule has 1 N–H and O–H groups in total. The molecule has 98 valence electrons. The van der Waals surface area contributed by atoms with Crippen LogP contribution in [0.25, 0.3) is 0 Å².